The molecule has 1 aliphatic rings. The molecule has 12 heteroatoms. The van der Waals surface area contributed by atoms with Crippen LogP contribution in [0.25, 0.3) is 22.4 Å². The standard InChI is InChI=1S/C21H28N8O3S/c1-21(2,3)32-20(30)25-13-7-5-12(6-8-13)24-18-23-11-14-16(28-29-17(14)27-18)15-9-10-22-19(26-15)33(4)31/h9-13H,5-8H2,1-4H3,(H,25,30)(H2,23,24,27,28,29)/t12?,13?,33-/m0/s1. The first-order valence-corrected chi connectivity index (χ1v) is 12.4. The van der Waals surface area contributed by atoms with Gasteiger partial charge in [-0.05, 0) is 52.5 Å². The fourth-order valence-electron chi connectivity index (χ4n) is 3.73. The van der Waals surface area contributed by atoms with E-state index in [0.717, 1.165) is 31.1 Å². The number of ether oxygens (including phenoxy) is 1. The van der Waals surface area contributed by atoms with Gasteiger partial charge in [-0.3, -0.25) is 9.31 Å². The molecular weight excluding hydrogens is 444 g/mol. The van der Waals surface area contributed by atoms with Crippen molar-refractivity contribution in [2.24, 2.45) is 0 Å². The predicted molar refractivity (Wildman–Crippen MR) is 124 cm³/mol. The minimum absolute atomic E-state index is 0.102. The van der Waals surface area contributed by atoms with Gasteiger partial charge in [-0.25, -0.2) is 19.7 Å². The Hall–Kier alpha value is -3.15. The quantitative estimate of drug-likeness (QED) is 0.477. The number of nitrogens with one attached hydrogen (secondary N) is 3. The monoisotopic (exact) mass is 472 g/mol. The number of carbonyl (C=O) groups excluding carboxylic acids is 1. The molecule has 3 aromatic rings. The van der Waals surface area contributed by atoms with Crippen LogP contribution >= 0.6 is 0 Å². The van der Waals surface area contributed by atoms with E-state index >= 15 is 0 Å². The van der Waals surface area contributed by atoms with Crippen molar-refractivity contribution in [2.75, 3.05) is 11.6 Å². The van der Waals surface area contributed by atoms with E-state index in [9.17, 15) is 9.00 Å². The third-order valence-electron chi connectivity index (χ3n) is 5.24. The van der Waals surface area contributed by atoms with E-state index in [1.165, 1.54) is 6.26 Å². The fraction of sp³-hybridized carbons (Fsp3) is 0.524. The molecule has 176 valence electrons. The summed E-state index contributed by atoms with van der Waals surface area (Å²) >= 11 is 0. The van der Waals surface area contributed by atoms with Crippen LogP contribution in [0.4, 0.5) is 10.7 Å². The minimum Gasteiger partial charge on any atom is -0.444 e. The van der Waals surface area contributed by atoms with Crippen LogP contribution in [0.3, 0.4) is 0 Å². The van der Waals surface area contributed by atoms with Crippen LogP contribution in [0.5, 0.6) is 0 Å². The van der Waals surface area contributed by atoms with Gasteiger partial charge in [0.05, 0.1) is 27.6 Å². The van der Waals surface area contributed by atoms with E-state index in [-0.39, 0.29) is 23.3 Å². The number of anilines is 1. The zero-order valence-corrected chi connectivity index (χ0v) is 19.9. The van der Waals surface area contributed by atoms with E-state index in [2.05, 4.69) is 40.8 Å². The first-order valence-electron chi connectivity index (χ1n) is 10.8. The second-order valence-electron chi connectivity index (χ2n) is 9.05. The Labute approximate surface area is 194 Å². The molecule has 0 aliphatic heterocycles. The highest BCUT2D eigenvalue weighted by Gasteiger charge is 2.25. The first-order chi connectivity index (χ1) is 15.7. The number of carbonyl (C=O) groups is 1. The Morgan fingerprint density at radius 2 is 1.88 bits per heavy atom. The van der Waals surface area contributed by atoms with Gasteiger partial charge in [-0.2, -0.15) is 10.1 Å². The Bertz CT molecular complexity index is 1170. The maximum absolute atomic E-state index is 12.0. The van der Waals surface area contributed by atoms with E-state index in [0.29, 0.717) is 23.0 Å². The van der Waals surface area contributed by atoms with Gasteiger partial charge >= 0.3 is 6.09 Å². The van der Waals surface area contributed by atoms with Gasteiger partial charge in [-0.15, -0.1) is 0 Å². The third kappa shape index (κ3) is 5.81. The number of fused-ring (bicyclic) bond motifs is 1. The molecule has 1 aliphatic carbocycles. The summed E-state index contributed by atoms with van der Waals surface area (Å²) in [5.41, 5.74) is 1.24. The Kier molecular flexibility index (Phi) is 6.54. The maximum atomic E-state index is 12.0. The molecular formula is C21H28N8O3S. The summed E-state index contributed by atoms with van der Waals surface area (Å²) < 4.78 is 17.0. The fourth-order valence-corrected chi connectivity index (χ4v) is 4.16. The van der Waals surface area contributed by atoms with Crippen LogP contribution in [0.15, 0.2) is 23.6 Å². The molecule has 3 aromatic heterocycles. The SMILES string of the molecule is C[S@](=O)c1nccc(-c2[nH]nc3nc(NC4CCC(NC(=O)OC(C)(C)C)CC4)ncc23)n1. The van der Waals surface area contributed by atoms with Gasteiger partial charge < -0.3 is 15.4 Å². The van der Waals surface area contributed by atoms with Gasteiger partial charge in [0.1, 0.15) is 5.60 Å². The van der Waals surface area contributed by atoms with Crippen LogP contribution in [-0.4, -0.2) is 64.4 Å². The molecule has 33 heavy (non-hydrogen) atoms. The molecule has 0 radical (unpaired) electrons. The molecule has 4 rings (SSSR count). The number of hydrogen-bond acceptors (Lipinski definition) is 9. The van der Waals surface area contributed by atoms with Crippen molar-refractivity contribution >= 4 is 33.9 Å². The third-order valence-corrected chi connectivity index (χ3v) is 5.95. The highest BCUT2D eigenvalue weighted by molar-refractivity contribution is 7.84. The van der Waals surface area contributed by atoms with Crippen LogP contribution in [0.2, 0.25) is 0 Å². The summed E-state index contributed by atoms with van der Waals surface area (Å²) in [4.78, 5) is 29.3. The predicted octanol–water partition coefficient (Wildman–Crippen LogP) is 2.80. The average Bonchev–Trinajstić information content (AvgIpc) is 3.17. The second-order valence-corrected chi connectivity index (χ2v) is 10.3. The lowest BCUT2D eigenvalue weighted by Gasteiger charge is -2.30. The summed E-state index contributed by atoms with van der Waals surface area (Å²) in [6, 6.07) is 2.03. The summed E-state index contributed by atoms with van der Waals surface area (Å²) in [5, 5.41) is 14.5. The molecule has 0 unspecified atom stereocenters. The Morgan fingerprint density at radius 1 is 1.15 bits per heavy atom. The van der Waals surface area contributed by atoms with Crippen molar-refractivity contribution in [3.63, 3.8) is 0 Å². The van der Waals surface area contributed by atoms with Crippen molar-refractivity contribution in [3.05, 3.63) is 18.5 Å². The Morgan fingerprint density at radius 3 is 2.58 bits per heavy atom. The summed E-state index contributed by atoms with van der Waals surface area (Å²) in [5.74, 6) is 0.502. The lowest BCUT2D eigenvalue weighted by Crippen LogP contribution is -2.42. The van der Waals surface area contributed by atoms with E-state index < -0.39 is 16.4 Å². The number of rotatable bonds is 5. The maximum Gasteiger partial charge on any atom is 0.407 e. The molecule has 0 aromatic carbocycles. The van der Waals surface area contributed by atoms with Crippen molar-refractivity contribution in [2.45, 2.75) is 69.3 Å². The van der Waals surface area contributed by atoms with Crippen LogP contribution in [0, 0.1) is 0 Å². The van der Waals surface area contributed by atoms with Crippen molar-refractivity contribution in [3.8, 4) is 11.4 Å². The number of nitrogens with zero attached hydrogens (tertiary/aromatic N) is 5. The van der Waals surface area contributed by atoms with Gasteiger partial charge in [0.15, 0.2) is 5.65 Å². The highest BCUT2D eigenvalue weighted by atomic mass is 32.2. The molecule has 11 nitrogen and oxygen atoms in total. The number of aromatic nitrogens is 6. The smallest absolute Gasteiger partial charge is 0.407 e. The number of alkyl carbamates (subject to hydrolysis) is 1. The van der Waals surface area contributed by atoms with Crippen LogP contribution < -0.4 is 10.6 Å². The lowest BCUT2D eigenvalue weighted by atomic mass is 9.91. The number of aromatic amines is 1. The van der Waals surface area contributed by atoms with Crippen LogP contribution in [0.1, 0.15) is 46.5 Å². The topological polar surface area (TPSA) is 148 Å². The molecule has 1 amide bonds. The summed E-state index contributed by atoms with van der Waals surface area (Å²) in [7, 11) is -1.28. The van der Waals surface area contributed by atoms with Crippen molar-refractivity contribution in [1.29, 1.82) is 0 Å². The van der Waals surface area contributed by atoms with Crippen molar-refractivity contribution < 1.29 is 13.7 Å². The molecule has 3 N–H and O–H groups in total. The lowest BCUT2D eigenvalue weighted by molar-refractivity contribution is 0.0492. The van der Waals surface area contributed by atoms with Gasteiger partial charge in [-0.1, -0.05) is 0 Å². The zero-order valence-electron chi connectivity index (χ0n) is 19.1. The van der Waals surface area contributed by atoms with Crippen LogP contribution in [-0.2, 0) is 15.5 Å². The second kappa shape index (κ2) is 9.38. The van der Waals surface area contributed by atoms with E-state index in [1.807, 2.05) is 20.8 Å². The number of amides is 1. The zero-order chi connectivity index (χ0) is 23.6. The minimum atomic E-state index is -1.28. The molecule has 0 spiro atoms. The molecule has 0 bridgehead atoms. The van der Waals surface area contributed by atoms with Gasteiger partial charge in [0.2, 0.25) is 11.1 Å². The molecule has 3 heterocycles. The highest BCUT2D eigenvalue weighted by Crippen LogP contribution is 2.26. The molecule has 1 atom stereocenters. The van der Waals surface area contributed by atoms with Gasteiger partial charge in [0.25, 0.3) is 0 Å². The van der Waals surface area contributed by atoms with Gasteiger partial charge in [0, 0.05) is 30.7 Å². The largest absolute Gasteiger partial charge is 0.444 e. The normalized spacial score (nSPS) is 19.8. The van der Waals surface area contributed by atoms with Crippen molar-refractivity contribution in [1.82, 2.24) is 35.5 Å². The average molecular weight is 473 g/mol. The Balaban J connectivity index is 1.37. The molecule has 0 saturated heterocycles. The van der Waals surface area contributed by atoms with E-state index in [1.54, 1.807) is 18.5 Å². The molecule has 1 saturated carbocycles. The number of hydrogen-bond donors (Lipinski definition) is 3. The van der Waals surface area contributed by atoms with E-state index in [4.69, 9.17) is 4.74 Å². The summed E-state index contributed by atoms with van der Waals surface area (Å²) in [6.45, 7) is 5.56. The first kappa shape index (κ1) is 23.0. The summed E-state index contributed by atoms with van der Waals surface area (Å²) in [6.07, 6.45) is 7.88. The molecule has 1 fully saturated rings. The number of H-pyrrole nitrogens is 1.